The van der Waals surface area contributed by atoms with Gasteiger partial charge in [0.2, 0.25) is 0 Å². The molecule has 0 aliphatic carbocycles. The molecule has 0 aromatic heterocycles. The number of hydrogen-bond acceptors (Lipinski definition) is 6. The first-order valence-corrected chi connectivity index (χ1v) is 7.42. The van der Waals surface area contributed by atoms with Gasteiger partial charge >= 0.3 is 12.1 Å². The SMILES string of the molecule is NCCN1C(=O)S/C(=C\c2ccc(O)cc2)C1=O.O=C(O)C(F)(F)F. The molecular formula is C14H13F3N2O5S. The molecule has 1 aromatic carbocycles. The summed E-state index contributed by atoms with van der Waals surface area (Å²) in [6.07, 6.45) is -3.46. The molecule has 1 saturated heterocycles. The molecule has 0 bridgehead atoms. The van der Waals surface area contributed by atoms with Crippen molar-refractivity contribution in [3.8, 4) is 5.75 Å². The van der Waals surface area contributed by atoms with Crippen molar-refractivity contribution in [3.63, 3.8) is 0 Å². The van der Waals surface area contributed by atoms with Crippen LogP contribution in [-0.2, 0) is 9.59 Å². The summed E-state index contributed by atoms with van der Waals surface area (Å²) in [4.78, 5) is 33.9. The first-order valence-electron chi connectivity index (χ1n) is 6.61. The lowest BCUT2D eigenvalue weighted by atomic mass is 10.2. The molecule has 0 unspecified atom stereocenters. The number of hydrogen-bond donors (Lipinski definition) is 3. The summed E-state index contributed by atoms with van der Waals surface area (Å²) in [5, 5.41) is 16.0. The molecule has 11 heteroatoms. The predicted octanol–water partition coefficient (Wildman–Crippen LogP) is 2.02. The van der Waals surface area contributed by atoms with Gasteiger partial charge in [-0.05, 0) is 35.5 Å². The molecule has 1 aliphatic heterocycles. The molecule has 0 radical (unpaired) electrons. The van der Waals surface area contributed by atoms with Crippen LogP contribution in [0.5, 0.6) is 5.75 Å². The molecule has 136 valence electrons. The van der Waals surface area contributed by atoms with Crippen LogP contribution >= 0.6 is 11.8 Å². The fourth-order valence-electron chi connectivity index (χ4n) is 1.54. The third kappa shape index (κ3) is 6.12. The normalized spacial score (nSPS) is 16.0. The van der Waals surface area contributed by atoms with Crippen molar-refractivity contribution in [1.29, 1.82) is 0 Å². The molecule has 1 aliphatic rings. The number of phenolic OH excluding ortho intramolecular Hbond substituents is 1. The Hall–Kier alpha value is -2.53. The highest BCUT2D eigenvalue weighted by Crippen LogP contribution is 2.31. The van der Waals surface area contributed by atoms with Gasteiger partial charge in [-0.15, -0.1) is 0 Å². The zero-order valence-electron chi connectivity index (χ0n) is 12.5. The molecule has 2 amide bonds. The number of carboxylic acids is 1. The quantitative estimate of drug-likeness (QED) is 0.688. The first kappa shape index (κ1) is 20.5. The lowest BCUT2D eigenvalue weighted by Gasteiger charge is -2.09. The monoisotopic (exact) mass is 378 g/mol. The second kappa shape index (κ2) is 8.53. The van der Waals surface area contributed by atoms with Crippen LogP contribution in [-0.4, -0.2) is 51.5 Å². The van der Waals surface area contributed by atoms with Gasteiger partial charge in [0.15, 0.2) is 0 Å². The Morgan fingerprint density at radius 3 is 2.20 bits per heavy atom. The average Bonchev–Trinajstić information content (AvgIpc) is 2.77. The molecule has 0 atom stereocenters. The molecule has 7 nitrogen and oxygen atoms in total. The van der Waals surface area contributed by atoms with Crippen LogP contribution in [0.15, 0.2) is 29.2 Å². The van der Waals surface area contributed by atoms with Crippen molar-refractivity contribution in [2.75, 3.05) is 13.1 Å². The number of phenols is 1. The standard InChI is InChI=1S/C12H12N2O3S.C2HF3O2/c13-5-6-14-11(16)10(18-12(14)17)7-8-1-3-9(15)4-2-8;3-2(4,5)1(6)7/h1-4,7,15H,5-6,13H2;(H,6,7)/b10-7-;. The van der Waals surface area contributed by atoms with Crippen LogP contribution < -0.4 is 5.73 Å². The molecule has 1 heterocycles. The van der Waals surface area contributed by atoms with Crippen LogP contribution in [0.25, 0.3) is 6.08 Å². The Bertz CT molecular complexity index is 689. The second-order valence-corrected chi connectivity index (χ2v) is 5.51. The highest BCUT2D eigenvalue weighted by atomic mass is 32.2. The van der Waals surface area contributed by atoms with Gasteiger partial charge in [-0.2, -0.15) is 13.2 Å². The van der Waals surface area contributed by atoms with E-state index in [9.17, 15) is 22.8 Å². The summed E-state index contributed by atoms with van der Waals surface area (Å²) in [5.41, 5.74) is 6.10. The van der Waals surface area contributed by atoms with Crippen molar-refractivity contribution >= 4 is 35.0 Å². The molecule has 0 spiro atoms. The van der Waals surface area contributed by atoms with E-state index in [2.05, 4.69) is 0 Å². The van der Waals surface area contributed by atoms with E-state index in [0.29, 0.717) is 4.91 Å². The van der Waals surface area contributed by atoms with E-state index in [1.165, 1.54) is 12.1 Å². The number of carbonyl (C=O) groups is 3. The molecule has 2 rings (SSSR count). The maximum absolute atomic E-state index is 11.9. The zero-order valence-corrected chi connectivity index (χ0v) is 13.3. The van der Waals surface area contributed by atoms with Gasteiger partial charge in [-0.3, -0.25) is 14.5 Å². The van der Waals surface area contributed by atoms with Gasteiger partial charge in [0.25, 0.3) is 11.1 Å². The number of halogens is 3. The number of nitrogens with two attached hydrogens (primary N) is 1. The fraction of sp³-hybridized carbons (Fsp3) is 0.214. The number of alkyl halides is 3. The molecular weight excluding hydrogens is 365 g/mol. The highest BCUT2D eigenvalue weighted by molar-refractivity contribution is 8.18. The van der Waals surface area contributed by atoms with Crippen LogP contribution in [0.3, 0.4) is 0 Å². The van der Waals surface area contributed by atoms with Crippen molar-refractivity contribution in [2.24, 2.45) is 5.73 Å². The van der Waals surface area contributed by atoms with Crippen LogP contribution in [0.4, 0.5) is 18.0 Å². The minimum Gasteiger partial charge on any atom is -0.508 e. The van der Waals surface area contributed by atoms with Crippen LogP contribution in [0.2, 0.25) is 0 Å². The number of carboxylic acid groups (broad SMARTS) is 1. The van der Waals surface area contributed by atoms with Gasteiger partial charge in [-0.1, -0.05) is 12.1 Å². The number of aliphatic carboxylic acids is 1. The minimum atomic E-state index is -5.08. The number of amides is 2. The topological polar surface area (TPSA) is 121 Å². The summed E-state index contributed by atoms with van der Waals surface area (Å²) in [7, 11) is 0. The van der Waals surface area contributed by atoms with Crippen molar-refractivity contribution in [2.45, 2.75) is 6.18 Å². The van der Waals surface area contributed by atoms with Crippen molar-refractivity contribution < 1.29 is 37.8 Å². The van der Waals surface area contributed by atoms with E-state index in [4.69, 9.17) is 20.7 Å². The van der Waals surface area contributed by atoms with Crippen LogP contribution in [0, 0.1) is 0 Å². The Labute approximate surface area is 143 Å². The van der Waals surface area contributed by atoms with Gasteiger partial charge < -0.3 is 15.9 Å². The molecule has 4 N–H and O–H groups in total. The lowest BCUT2D eigenvalue weighted by Crippen LogP contribution is -2.33. The molecule has 0 saturated carbocycles. The summed E-state index contributed by atoms with van der Waals surface area (Å²) in [5.74, 6) is -2.92. The Morgan fingerprint density at radius 2 is 1.76 bits per heavy atom. The van der Waals surface area contributed by atoms with E-state index in [1.54, 1.807) is 18.2 Å². The fourth-order valence-corrected chi connectivity index (χ4v) is 2.41. The second-order valence-electron chi connectivity index (χ2n) is 4.52. The van der Waals surface area contributed by atoms with Gasteiger partial charge in [0.1, 0.15) is 5.75 Å². The number of thioether (sulfide) groups is 1. The van der Waals surface area contributed by atoms with Gasteiger partial charge in [0.05, 0.1) is 4.91 Å². The third-order valence-corrected chi connectivity index (χ3v) is 3.57. The summed E-state index contributed by atoms with van der Waals surface area (Å²) in [6.45, 7) is 0.488. The van der Waals surface area contributed by atoms with E-state index in [-0.39, 0.29) is 30.0 Å². The van der Waals surface area contributed by atoms with Crippen molar-refractivity contribution in [3.05, 3.63) is 34.7 Å². The average molecular weight is 378 g/mol. The Balaban J connectivity index is 0.000000381. The number of imide groups is 1. The largest absolute Gasteiger partial charge is 0.508 e. The zero-order chi connectivity index (χ0) is 19.2. The lowest BCUT2D eigenvalue weighted by molar-refractivity contribution is -0.192. The van der Waals surface area contributed by atoms with E-state index >= 15 is 0 Å². The maximum atomic E-state index is 11.9. The summed E-state index contributed by atoms with van der Waals surface area (Å²) in [6, 6.07) is 6.39. The van der Waals surface area contributed by atoms with E-state index in [0.717, 1.165) is 22.2 Å². The van der Waals surface area contributed by atoms with E-state index in [1.807, 2.05) is 0 Å². The number of benzene rings is 1. The summed E-state index contributed by atoms with van der Waals surface area (Å²) >= 11 is 0.901. The first-order chi connectivity index (χ1) is 11.6. The minimum absolute atomic E-state index is 0.156. The smallest absolute Gasteiger partial charge is 0.490 e. The predicted molar refractivity (Wildman–Crippen MR) is 83.5 cm³/mol. The van der Waals surface area contributed by atoms with Gasteiger partial charge in [-0.25, -0.2) is 4.79 Å². The molecule has 1 aromatic rings. The third-order valence-electron chi connectivity index (χ3n) is 2.66. The Morgan fingerprint density at radius 1 is 1.24 bits per heavy atom. The number of rotatable bonds is 3. The Kier molecular flexibility index (Phi) is 7.00. The highest BCUT2D eigenvalue weighted by Gasteiger charge is 2.38. The number of carbonyl (C=O) groups excluding carboxylic acids is 2. The van der Waals surface area contributed by atoms with Gasteiger partial charge in [0, 0.05) is 13.1 Å². The number of nitrogens with zero attached hydrogens (tertiary/aromatic N) is 1. The van der Waals surface area contributed by atoms with Crippen LogP contribution in [0.1, 0.15) is 5.56 Å². The number of aromatic hydroxyl groups is 1. The van der Waals surface area contributed by atoms with Crippen molar-refractivity contribution in [1.82, 2.24) is 4.90 Å². The summed E-state index contributed by atoms with van der Waals surface area (Å²) < 4.78 is 31.7. The maximum Gasteiger partial charge on any atom is 0.490 e. The molecule has 25 heavy (non-hydrogen) atoms. The van der Waals surface area contributed by atoms with E-state index < -0.39 is 12.1 Å². The molecule has 1 fully saturated rings.